The Balaban J connectivity index is 1.79. The molecule has 3 rings (SSSR count). The topological polar surface area (TPSA) is 92.3 Å². The van der Waals surface area contributed by atoms with Crippen molar-refractivity contribution in [2.24, 2.45) is 0 Å². The van der Waals surface area contributed by atoms with Gasteiger partial charge in [-0.2, -0.15) is 0 Å². The van der Waals surface area contributed by atoms with Crippen LogP contribution in [0.25, 0.3) is 0 Å². The van der Waals surface area contributed by atoms with Crippen molar-refractivity contribution in [3.8, 4) is 0 Å². The van der Waals surface area contributed by atoms with Crippen molar-refractivity contribution < 1.29 is 19.2 Å². The molecule has 1 aliphatic heterocycles. The number of Topliss-reactive ketones (excluding diaryl/α,β-unsaturated/α-hetero) is 2. The van der Waals surface area contributed by atoms with Crippen molar-refractivity contribution >= 4 is 64.2 Å². The van der Waals surface area contributed by atoms with Crippen LogP contribution in [0, 0.1) is 13.8 Å². The van der Waals surface area contributed by atoms with E-state index in [2.05, 4.69) is 10.6 Å². The molecule has 0 saturated carbocycles. The summed E-state index contributed by atoms with van der Waals surface area (Å²) in [6.45, 7) is 3.86. The number of nitrogens with one attached hydrogen (secondary N) is 2. The number of ketones is 2. The first kappa shape index (κ1) is 23.9. The molecule has 0 spiro atoms. The van der Waals surface area contributed by atoms with Crippen molar-refractivity contribution in [3.63, 3.8) is 0 Å². The van der Waals surface area contributed by atoms with Gasteiger partial charge in [0.05, 0.1) is 15.7 Å². The maximum atomic E-state index is 12.6. The van der Waals surface area contributed by atoms with Crippen LogP contribution in [0.2, 0.25) is 0 Å². The Kier molecular flexibility index (Phi) is 8.00. The third kappa shape index (κ3) is 6.15. The molecule has 1 saturated heterocycles. The number of amides is 2. The number of thiocarbonyl (C=S) groups is 1. The van der Waals surface area contributed by atoms with Crippen molar-refractivity contribution in [1.29, 1.82) is 0 Å². The minimum atomic E-state index is -0.653. The molecule has 9 heteroatoms. The molecular formula is C23H20N2O4S3. The maximum Gasteiger partial charge on any atom is 0.264 e. The lowest BCUT2D eigenvalue weighted by molar-refractivity contribution is -0.123. The number of hydrogen-bond donors (Lipinski definition) is 2. The molecule has 1 heterocycles. The lowest BCUT2D eigenvalue weighted by Gasteiger charge is -2.19. The number of benzene rings is 2. The average molecular weight is 485 g/mol. The van der Waals surface area contributed by atoms with E-state index in [4.69, 9.17) is 12.2 Å². The highest BCUT2D eigenvalue weighted by Gasteiger charge is 2.30. The molecule has 2 aromatic rings. The Labute approximate surface area is 199 Å². The summed E-state index contributed by atoms with van der Waals surface area (Å²) in [7, 11) is 0. The molecule has 2 N–H and O–H groups in total. The van der Waals surface area contributed by atoms with E-state index in [1.54, 1.807) is 24.3 Å². The van der Waals surface area contributed by atoms with Crippen LogP contribution in [0.4, 0.5) is 0 Å². The summed E-state index contributed by atoms with van der Waals surface area (Å²) in [5.74, 6) is -1.58. The van der Waals surface area contributed by atoms with E-state index in [1.807, 2.05) is 38.1 Å². The van der Waals surface area contributed by atoms with E-state index in [9.17, 15) is 19.2 Å². The molecule has 0 unspecified atom stereocenters. The smallest absolute Gasteiger partial charge is 0.264 e. The molecule has 1 aliphatic rings. The summed E-state index contributed by atoms with van der Waals surface area (Å²) in [5, 5.41) is 4.72. The van der Waals surface area contributed by atoms with Gasteiger partial charge in [-0.3, -0.25) is 29.8 Å². The molecule has 0 atom stereocenters. The summed E-state index contributed by atoms with van der Waals surface area (Å²) < 4.78 is 0.295. The van der Waals surface area contributed by atoms with Crippen LogP contribution in [-0.2, 0) is 9.59 Å². The zero-order valence-electron chi connectivity index (χ0n) is 17.4. The SMILES string of the molecule is Cc1ccc(C(=O)CSC(SCC(=O)c2ccc(C)cc2)=C2C(=O)NC(=S)NC2=O)cc1. The second-order valence-electron chi connectivity index (χ2n) is 7.06. The van der Waals surface area contributed by atoms with Crippen LogP contribution in [0.5, 0.6) is 0 Å². The predicted molar refractivity (Wildman–Crippen MR) is 132 cm³/mol. The van der Waals surface area contributed by atoms with Gasteiger partial charge < -0.3 is 0 Å². The molecule has 0 radical (unpaired) electrons. The first-order valence-corrected chi connectivity index (χ1v) is 12.0. The summed E-state index contributed by atoms with van der Waals surface area (Å²) >= 11 is 6.97. The molecule has 32 heavy (non-hydrogen) atoms. The van der Waals surface area contributed by atoms with Crippen LogP contribution >= 0.6 is 35.7 Å². The minimum Gasteiger partial charge on any atom is -0.298 e. The van der Waals surface area contributed by atoms with Crippen molar-refractivity contribution in [3.05, 3.63) is 80.6 Å². The Bertz CT molecular complexity index is 1040. The zero-order valence-corrected chi connectivity index (χ0v) is 19.8. The van der Waals surface area contributed by atoms with E-state index in [0.29, 0.717) is 15.4 Å². The van der Waals surface area contributed by atoms with E-state index >= 15 is 0 Å². The lowest BCUT2D eigenvalue weighted by Crippen LogP contribution is -2.51. The standard InChI is InChI=1S/C23H20N2O4S3/c1-13-3-7-15(8-4-13)17(26)11-31-22(19-20(28)24-23(30)25-21(19)29)32-12-18(27)16-9-5-14(2)6-10-16/h3-10H,11-12H2,1-2H3,(H2,24,25,28,29,30). The van der Waals surface area contributed by atoms with Crippen molar-refractivity contribution in [1.82, 2.24) is 10.6 Å². The van der Waals surface area contributed by atoms with Crippen LogP contribution in [0.15, 0.2) is 58.3 Å². The number of aryl methyl sites for hydroxylation is 2. The van der Waals surface area contributed by atoms with Crippen molar-refractivity contribution in [2.75, 3.05) is 11.5 Å². The van der Waals surface area contributed by atoms with Gasteiger partial charge in [-0.25, -0.2) is 0 Å². The molecule has 0 aliphatic carbocycles. The Morgan fingerprint density at radius 2 is 1.12 bits per heavy atom. The fourth-order valence-electron chi connectivity index (χ4n) is 2.74. The summed E-state index contributed by atoms with van der Waals surface area (Å²) in [4.78, 5) is 50.1. The second kappa shape index (κ2) is 10.7. The van der Waals surface area contributed by atoms with Crippen LogP contribution < -0.4 is 10.6 Å². The van der Waals surface area contributed by atoms with Gasteiger partial charge in [0.2, 0.25) is 0 Å². The van der Waals surface area contributed by atoms with Gasteiger partial charge in [0.15, 0.2) is 16.7 Å². The van der Waals surface area contributed by atoms with E-state index in [1.165, 1.54) is 0 Å². The third-order valence-corrected chi connectivity index (χ3v) is 7.19. The first-order chi connectivity index (χ1) is 15.2. The normalized spacial score (nSPS) is 13.4. The van der Waals surface area contributed by atoms with E-state index in [-0.39, 0.29) is 33.8 Å². The van der Waals surface area contributed by atoms with Crippen molar-refractivity contribution in [2.45, 2.75) is 13.8 Å². The van der Waals surface area contributed by atoms with E-state index < -0.39 is 11.8 Å². The fraction of sp³-hybridized carbons (Fsp3) is 0.174. The Morgan fingerprint density at radius 1 is 0.750 bits per heavy atom. The van der Waals surface area contributed by atoms with Gasteiger partial charge in [-0.1, -0.05) is 59.7 Å². The van der Waals surface area contributed by atoms with Gasteiger partial charge in [-0.15, -0.1) is 23.5 Å². The van der Waals surface area contributed by atoms with Gasteiger partial charge in [0.1, 0.15) is 5.57 Å². The highest BCUT2D eigenvalue weighted by atomic mass is 32.2. The third-order valence-electron chi connectivity index (χ3n) is 4.53. The number of carbonyl (C=O) groups is 4. The van der Waals surface area contributed by atoms with E-state index in [0.717, 1.165) is 34.7 Å². The fourth-order valence-corrected chi connectivity index (χ4v) is 5.13. The summed E-state index contributed by atoms with van der Waals surface area (Å²) in [5.41, 5.74) is 2.99. The van der Waals surface area contributed by atoms with Gasteiger partial charge >= 0.3 is 0 Å². The molecular weight excluding hydrogens is 464 g/mol. The summed E-state index contributed by atoms with van der Waals surface area (Å²) in [6, 6.07) is 14.3. The molecule has 164 valence electrons. The monoisotopic (exact) mass is 484 g/mol. The highest BCUT2D eigenvalue weighted by Crippen LogP contribution is 2.34. The Morgan fingerprint density at radius 3 is 1.50 bits per heavy atom. The predicted octanol–water partition coefficient (Wildman–Crippen LogP) is 3.58. The molecule has 1 fully saturated rings. The number of hydrogen-bond acceptors (Lipinski definition) is 7. The van der Waals surface area contributed by atoms with Crippen LogP contribution in [-0.4, -0.2) is 40.0 Å². The number of thioether (sulfide) groups is 2. The van der Waals surface area contributed by atoms with Crippen LogP contribution in [0.1, 0.15) is 31.8 Å². The molecule has 2 amide bonds. The van der Waals surface area contributed by atoms with Gasteiger partial charge in [0.25, 0.3) is 11.8 Å². The number of carbonyl (C=O) groups excluding carboxylic acids is 4. The molecule has 6 nitrogen and oxygen atoms in total. The van der Waals surface area contributed by atoms with Crippen LogP contribution in [0.3, 0.4) is 0 Å². The lowest BCUT2D eigenvalue weighted by atomic mass is 10.1. The van der Waals surface area contributed by atoms with Gasteiger partial charge in [-0.05, 0) is 26.1 Å². The number of rotatable bonds is 8. The Hall–Kier alpha value is -2.75. The highest BCUT2D eigenvalue weighted by molar-refractivity contribution is 8.22. The largest absolute Gasteiger partial charge is 0.298 e. The zero-order chi connectivity index (χ0) is 23.3. The minimum absolute atomic E-state index is 0.0125. The van der Waals surface area contributed by atoms with Gasteiger partial charge in [0, 0.05) is 11.1 Å². The average Bonchev–Trinajstić information content (AvgIpc) is 2.75. The molecule has 0 aromatic heterocycles. The summed E-state index contributed by atoms with van der Waals surface area (Å²) in [6.07, 6.45) is 0. The molecule has 2 aromatic carbocycles. The second-order valence-corrected chi connectivity index (χ2v) is 9.69. The quantitative estimate of drug-likeness (QED) is 0.256. The maximum absolute atomic E-state index is 12.6. The first-order valence-electron chi connectivity index (χ1n) is 9.61. The molecule has 0 bridgehead atoms.